The standard InChI is InChI=1S/C15H13F3N2O2S/c16-15(17,18)12-2-1-9(7-19-12)8-20-5-3-11-10(4-6-23-11)13(20)14(21)22/h1-2,4,6-7,13H,3,5,8H2,(H,21,22). The first-order valence-electron chi connectivity index (χ1n) is 6.91. The van der Waals surface area contributed by atoms with E-state index in [-0.39, 0.29) is 6.54 Å². The Morgan fingerprint density at radius 3 is 2.78 bits per heavy atom. The largest absolute Gasteiger partial charge is 0.480 e. The molecule has 1 N–H and O–H groups in total. The first-order chi connectivity index (χ1) is 10.9. The maximum atomic E-state index is 12.5. The molecule has 0 spiro atoms. The van der Waals surface area contributed by atoms with Gasteiger partial charge < -0.3 is 5.11 Å². The van der Waals surface area contributed by atoms with Gasteiger partial charge in [-0.1, -0.05) is 6.07 Å². The maximum Gasteiger partial charge on any atom is 0.433 e. The van der Waals surface area contributed by atoms with Crippen LogP contribution in [0.25, 0.3) is 0 Å². The lowest BCUT2D eigenvalue weighted by Crippen LogP contribution is -2.38. The Morgan fingerprint density at radius 1 is 1.39 bits per heavy atom. The molecule has 1 unspecified atom stereocenters. The van der Waals surface area contributed by atoms with Crippen LogP contribution in [-0.4, -0.2) is 27.5 Å². The summed E-state index contributed by atoms with van der Waals surface area (Å²) in [7, 11) is 0. The molecular formula is C15H13F3N2O2S. The van der Waals surface area contributed by atoms with Crippen molar-refractivity contribution in [3.8, 4) is 0 Å². The van der Waals surface area contributed by atoms with Crippen LogP contribution >= 0.6 is 11.3 Å². The van der Waals surface area contributed by atoms with Crippen LogP contribution in [0.2, 0.25) is 0 Å². The average Bonchev–Trinajstić information content (AvgIpc) is 2.94. The van der Waals surface area contributed by atoms with E-state index < -0.39 is 23.9 Å². The van der Waals surface area contributed by atoms with Gasteiger partial charge in [-0.05, 0) is 35.1 Å². The molecule has 0 saturated carbocycles. The molecule has 0 radical (unpaired) electrons. The zero-order valence-electron chi connectivity index (χ0n) is 11.9. The lowest BCUT2D eigenvalue weighted by molar-refractivity contribution is -0.144. The molecule has 3 heterocycles. The highest BCUT2D eigenvalue weighted by molar-refractivity contribution is 7.10. The highest BCUT2D eigenvalue weighted by Gasteiger charge is 2.34. The van der Waals surface area contributed by atoms with Gasteiger partial charge in [-0.2, -0.15) is 13.2 Å². The van der Waals surface area contributed by atoms with Gasteiger partial charge in [-0.15, -0.1) is 11.3 Å². The van der Waals surface area contributed by atoms with E-state index in [0.29, 0.717) is 12.1 Å². The Morgan fingerprint density at radius 2 is 2.17 bits per heavy atom. The van der Waals surface area contributed by atoms with Crippen LogP contribution < -0.4 is 0 Å². The topological polar surface area (TPSA) is 53.4 Å². The van der Waals surface area contributed by atoms with Gasteiger partial charge in [-0.3, -0.25) is 14.7 Å². The SMILES string of the molecule is O=C(O)C1c2ccsc2CCN1Cc1ccc(C(F)(F)F)nc1. The lowest BCUT2D eigenvalue weighted by atomic mass is 9.99. The Hall–Kier alpha value is -1.93. The number of carbonyl (C=O) groups is 1. The Balaban J connectivity index is 1.81. The maximum absolute atomic E-state index is 12.5. The van der Waals surface area contributed by atoms with Gasteiger partial charge in [0.2, 0.25) is 0 Å². The van der Waals surface area contributed by atoms with Crippen molar-refractivity contribution in [3.05, 3.63) is 51.5 Å². The van der Waals surface area contributed by atoms with E-state index in [0.717, 1.165) is 29.1 Å². The summed E-state index contributed by atoms with van der Waals surface area (Å²) >= 11 is 1.53. The number of halogens is 3. The van der Waals surface area contributed by atoms with Crippen LogP contribution in [0.3, 0.4) is 0 Å². The number of fused-ring (bicyclic) bond motifs is 1. The second kappa shape index (κ2) is 5.93. The number of hydrogen-bond acceptors (Lipinski definition) is 4. The molecular weight excluding hydrogens is 329 g/mol. The Labute approximate surface area is 134 Å². The fourth-order valence-electron chi connectivity index (χ4n) is 2.75. The van der Waals surface area contributed by atoms with E-state index in [2.05, 4.69) is 4.98 Å². The van der Waals surface area contributed by atoms with E-state index in [1.54, 1.807) is 11.0 Å². The minimum Gasteiger partial charge on any atom is -0.480 e. The minimum absolute atomic E-state index is 0.247. The van der Waals surface area contributed by atoms with Crippen LogP contribution in [0.4, 0.5) is 13.2 Å². The Bertz CT molecular complexity index is 712. The number of rotatable bonds is 3. The summed E-state index contributed by atoms with van der Waals surface area (Å²) in [5.41, 5.74) is 0.381. The molecule has 4 nitrogen and oxygen atoms in total. The molecule has 0 saturated heterocycles. The first kappa shape index (κ1) is 15.9. The lowest BCUT2D eigenvalue weighted by Gasteiger charge is -2.33. The monoisotopic (exact) mass is 342 g/mol. The molecule has 1 atom stereocenters. The summed E-state index contributed by atoms with van der Waals surface area (Å²) in [5, 5.41) is 11.4. The third-order valence-corrected chi connectivity index (χ3v) is 4.80. The van der Waals surface area contributed by atoms with Gasteiger partial charge in [0, 0.05) is 24.2 Å². The van der Waals surface area contributed by atoms with Crippen molar-refractivity contribution in [1.82, 2.24) is 9.88 Å². The molecule has 8 heteroatoms. The fraction of sp³-hybridized carbons (Fsp3) is 0.333. The molecule has 2 aromatic heterocycles. The summed E-state index contributed by atoms with van der Waals surface area (Å²) in [6.07, 6.45) is -2.57. The van der Waals surface area contributed by atoms with E-state index in [1.165, 1.54) is 17.4 Å². The molecule has 122 valence electrons. The van der Waals surface area contributed by atoms with Crippen molar-refractivity contribution in [2.45, 2.75) is 25.2 Å². The molecule has 0 bridgehead atoms. The summed E-state index contributed by atoms with van der Waals surface area (Å²) < 4.78 is 37.6. The van der Waals surface area contributed by atoms with E-state index in [9.17, 15) is 23.1 Å². The minimum atomic E-state index is -4.47. The highest BCUT2D eigenvalue weighted by Crippen LogP contribution is 2.34. The number of alkyl halides is 3. The van der Waals surface area contributed by atoms with Crippen LogP contribution in [-0.2, 0) is 23.9 Å². The number of nitrogens with zero attached hydrogens (tertiary/aromatic N) is 2. The number of aromatic nitrogens is 1. The zero-order chi connectivity index (χ0) is 16.6. The van der Waals surface area contributed by atoms with Crippen LogP contribution in [0.1, 0.15) is 27.7 Å². The van der Waals surface area contributed by atoms with Crippen LogP contribution in [0.15, 0.2) is 29.8 Å². The third-order valence-electron chi connectivity index (χ3n) is 3.80. The molecule has 2 aromatic rings. The van der Waals surface area contributed by atoms with Crippen molar-refractivity contribution < 1.29 is 23.1 Å². The predicted molar refractivity (Wildman–Crippen MR) is 78.0 cm³/mol. The molecule has 1 aliphatic rings. The van der Waals surface area contributed by atoms with Crippen molar-refractivity contribution in [1.29, 1.82) is 0 Å². The molecule has 0 amide bonds. The van der Waals surface area contributed by atoms with Crippen LogP contribution in [0, 0.1) is 0 Å². The van der Waals surface area contributed by atoms with E-state index >= 15 is 0 Å². The molecule has 3 rings (SSSR count). The second-order valence-corrected chi connectivity index (χ2v) is 6.31. The van der Waals surface area contributed by atoms with Gasteiger partial charge in [0.25, 0.3) is 0 Å². The molecule has 0 fully saturated rings. The molecule has 0 aromatic carbocycles. The zero-order valence-corrected chi connectivity index (χ0v) is 12.7. The second-order valence-electron chi connectivity index (χ2n) is 5.31. The quantitative estimate of drug-likeness (QED) is 0.929. The van der Waals surface area contributed by atoms with Gasteiger partial charge in [-0.25, -0.2) is 0 Å². The summed E-state index contributed by atoms with van der Waals surface area (Å²) in [6.45, 7) is 0.795. The van der Waals surface area contributed by atoms with Crippen LogP contribution in [0.5, 0.6) is 0 Å². The fourth-order valence-corrected chi connectivity index (χ4v) is 3.65. The van der Waals surface area contributed by atoms with E-state index in [4.69, 9.17) is 0 Å². The van der Waals surface area contributed by atoms with Gasteiger partial charge in [0.1, 0.15) is 11.7 Å². The smallest absolute Gasteiger partial charge is 0.433 e. The Kier molecular flexibility index (Phi) is 4.11. The van der Waals surface area contributed by atoms with Gasteiger partial charge in [0.15, 0.2) is 0 Å². The first-order valence-corrected chi connectivity index (χ1v) is 7.79. The summed E-state index contributed by atoms with van der Waals surface area (Å²) in [5.74, 6) is -0.954. The van der Waals surface area contributed by atoms with Crippen molar-refractivity contribution in [3.63, 3.8) is 0 Å². The van der Waals surface area contributed by atoms with Gasteiger partial charge >= 0.3 is 12.1 Å². The summed E-state index contributed by atoms with van der Waals surface area (Å²) in [4.78, 5) is 17.8. The highest BCUT2D eigenvalue weighted by atomic mass is 32.1. The third kappa shape index (κ3) is 3.23. The average molecular weight is 342 g/mol. The van der Waals surface area contributed by atoms with Crippen molar-refractivity contribution >= 4 is 17.3 Å². The molecule has 0 aliphatic carbocycles. The molecule has 1 aliphatic heterocycles. The summed E-state index contributed by atoms with van der Waals surface area (Å²) in [6, 6.07) is 3.30. The van der Waals surface area contributed by atoms with Crippen molar-refractivity contribution in [2.24, 2.45) is 0 Å². The normalized spacial score (nSPS) is 18.7. The number of thiophene rings is 1. The number of carboxylic acids is 1. The number of pyridine rings is 1. The predicted octanol–water partition coefficient (Wildman–Crippen LogP) is 3.35. The number of hydrogen-bond donors (Lipinski definition) is 1. The van der Waals surface area contributed by atoms with E-state index in [1.807, 2.05) is 5.38 Å². The number of aliphatic carboxylic acids is 1. The molecule has 23 heavy (non-hydrogen) atoms. The van der Waals surface area contributed by atoms with Gasteiger partial charge in [0.05, 0.1) is 0 Å². The number of carboxylic acid groups (broad SMARTS) is 1. The van der Waals surface area contributed by atoms with Crippen molar-refractivity contribution in [2.75, 3.05) is 6.54 Å².